The van der Waals surface area contributed by atoms with Crippen molar-refractivity contribution in [1.82, 2.24) is 0 Å². The van der Waals surface area contributed by atoms with E-state index in [0.29, 0.717) is 0 Å². The van der Waals surface area contributed by atoms with Crippen LogP contribution in [0.4, 0.5) is 0 Å². The molecule has 0 nitrogen and oxygen atoms in total. The molecule has 78 heavy (non-hydrogen) atoms. The molecule has 0 heteroatoms. The van der Waals surface area contributed by atoms with E-state index in [1.54, 1.807) is 0 Å². The smallest absolute Gasteiger partial charge is 0.0215 e. The Hall–Kier alpha value is -9.36. The van der Waals surface area contributed by atoms with Crippen LogP contribution in [0.3, 0.4) is 0 Å². The van der Waals surface area contributed by atoms with Crippen molar-refractivity contribution in [3.63, 3.8) is 0 Å². The molecule has 14 rings (SSSR count). The minimum absolute atomic E-state index is 0.0809. The van der Waals surface area contributed by atoms with Crippen LogP contribution in [-0.4, -0.2) is 0 Å². The molecule has 0 N–H and O–H groups in total. The molecule has 0 atom stereocenters. The third-order valence-corrected chi connectivity index (χ3v) is 16.8. The number of hydrogen-bond acceptors (Lipinski definition) is 0. The molecule has 0 aliphatic heterocycles. The second-order valence-electron chi connectivity index (χ2n) is 21.5. The highest BCUT2D eigenvalue weighted by Gasteiger charge is 2.44. The van der Waals surface area contributed by atoms with Crippen LogP contribution in [-0.2, 0) is 5.41 Å². The minimum Gasteiger partial charge on any atom is -0.0622 e. The summed E-state index contributed by atoms with van der Waals surface area (Å²) in [6.45, 7) is 0. The summed E-state index contributed by atoms with van der Waals surface area (Å²) >= 11 is 0. The van der Waals surface area contributed by atoms with Gasteiger partial charge in [0.2, 0.25) is 0 Å². The van der Waals surface area contributed by atoms with Crippen molar-refractivity contribution in [1.29, 1.82) is 0 Å². The standard InChI is InChI=1S/C78H58/c1-6-22-58(23-7-1)74(59-24-8-2-9-25-59)48-54-44-64(50-66(46-54)70-36-20-32-56-30-14-16-34-68(56)70)62-38-40-72-73-41-39-63(53-77(73)78(76(72)52-62)42-18-5-19-43-78)65-45-55(47-67(51-65)71-37-21-33-57-31-15-17-35-69(57)71)49-75(60-26-10-3-11-27-60)61-28-12-4-13-29-61/h1-4,6-17,20-41,44-53H,5,18-19,42-43H2. The predicted octanol–water partition coefficient (Wildman–Crippen LogP) is 21.1. The van der Waals surface area contributed by atoms with E-state index >= 15 is 0 Å². The quantitative estimate of drug-likeness (QED) is 0.120. The number of hydrogen-bond donors (Lipinski definition) is 0. The molecule has 1 saturated carbocycles. The van der Waals surface area contributed by atoms with Crippen LogP contribution in [0, 0.1) is 0 Å². The zero-order chi connectivity index (χ0) is 51.8. The largest absolute Gasteiger partial charge is 0.0622 e. The Balaban J connectivity index is 0.924. The summed E-state index contributed by atoms with van der Waals surface area (Å²) in [4.78, 5) is 0. The first-order valence-corrected chi connectivity index (χ1v) is 27.8. The summed E-state index contributed by atoms with van der Waals surface area (Å²) in [5, 5.41) is 5.02. The van der Waals surface area contributed by atoms with Gasteiger partial charge in [-0.05, 0) is 206 Å². The molecule has 12 aromatic carbocycles. The molecule has 2 aliphatic rings. The first-order valence-electron chi connectivity index (χ1n) is 27.8. The van der Waals surface area contributed by atoms with Gasteiger partial charge in [-0.1, -0.05) is 250 Å². The molecule has 0 saturated heterocycles. The Morgan fingerprint density at radius 1 is 0.269 bits per heavy atom. The maximum absolute atomic E-state index is 2.59. The summed E-state index contributed by atoms with van der Waals surface area (Å²) in [6.07, 6.45) is 10.8. The van der Waals surface area contributed by atoms with E-state index in [1.807, 2.05) is 0 Å². The van der Waals surface area contributed by atoms with Crippen LogP contribution in [0.25, 0.3) is 100 Å². The average molecular weight is 995 g/mol. The molecular weight excluding hydrogens is 937 g/mol. The number of rotatable bonds is 10. The normalized spacial score (nSPS) is 13.2. The number of benzene rings is 12. The molecule has 2 aliphatic carbocycles. The van der Waals surface area contributed by atoms with Gasteiger partial charge in [0.05, 0.1) is 0 Å². The highest BCUT2D eigenvalue weighted by atomic mass is 14.5. The molecule has 0 unspecified atom stereocenters. The highest BCUT2D eigenvalue weighted by molar-refractivity contribution is 6.01. The maximum atomic E-state index is 2.59. The fraction of sp³-hybridized carbons (Fsp3) is 0.0769. The molecule has 0 bridgehead atoms. The molecule has 12 aromatic rings. The van der Waals surface area contributed by atoms with Gasteiger partial charge in [-0.25, -0.2) is 0 Å². The van der Waals surface area contributed by atoms with E-state index in [4.69, 9.17) is 0 Å². The van der Waals surface area contributed by atoms with E-state index in [-0.39, 0.29) is 5.41 Å². The summed E-state index contributed by atoms with van der Waals surface area (Å²) in [6, 6.07) is 104. The molecular formula is C78H58. The van der Waals surface area contributed by atoms with Gasteiger partial charge < -0.3 is 0 Å². The Labute approximate surface area is 459 Å². The molecule has 0 aromatic heterocycles. The Morgan fingerprint density at radius 3 is 1.04 bits per heavy atom. The van der Waals surface area contributed by atoms with Crippen molar-refractivity contribution in [2.75, 3.05) is 0 Å². The van der Waals surface area contributed by atoms with Crippen molar-refractivity contribution in [2.45, 2.75) is 37.5 Å². The van der Waals surface area contributed by atoms with Crippen LogP contribution in [0.1, 0.15) is 76.6 Å². The van der Waals surface area contributed by atoms with Gasteiger partial charge in [0, 0.05) is 5.41 Å². The van der Waals surface area contributed by atoms with Gasteiger partial charge in [0.25, 0.3) is 0 Å². The van der Waals surface area contributed by atoms with Crippen molar-refractivity contribution >= 4 is 44.8 Å². The van der Waals surface area contributed by atoms with E-state index in [1.165, 1.54) is 152 Å². The van der Waals surface area contributed by atoms with Crippen LogP contribution in [0.15, 0.2) is 279 Å². The second kappa shape index (κ2) is 20.3. The molecule has 0 amide bonds. The van der Waals surface area contributed by atoms with Gasteiger partial charge >= 0.3 is 0 Å². The summed E-state index contributed by atoms with van der Waals surface area (Å²) < 4.78 is 0. The average Bonchev–Trinajstić information content (AvgIpc) is 3.84. The molecule has 1 fully saturated rings. The Morgan fingerprint density at radius 2 is 0.628 bits per heavy atom. The Kier molecular flexibility index (Phi) is 12.3. The van der Waals surface area contributed by atoms with Gasteiger partial charge in [0.1, 0.15) is 0 Å². The van der Waals surface area contributed by atoms with E-state index in [2.05, 4.69) is 291 Å². The van der Waals surface area contributed by atoms with Crippen LogP contribution < -0.4 is 0 Å². The lowest BCUT2D eigenvalue weighted by atomic mass is 9.67. The lowest BCUT2D eigenvalue weighted by Crippen LogP contribution is -2.28. The highest BCUT2D eigenvalue weighted by Crippen LogP contribution is 2.57. The van der Waals surface area contributed by atoms with Crippen LogP contribution >= 0.6 is 0 Å². The molecule has 0 radical (unpaired) electrons. The lowest BCUT2D eigenvalue weighted by Gasteiger charge is -2.36. The zero-order valence-electron chi connectivity index (χ0n) is 43.7. The van der Waals surface area contributed by atoms with Crippen molar-refractivity contribution in [3.05, 3.63) is 324 Å². The summed E-state index contributed by atoms with van der Waals surface area (Å²) in [5.74, 6) is 0. The fourth-order valence-electron chi connectivity index (χ4n) is 13.1. The molecule has 1 spiro atoms. The summed E-state index contributed by atoms with van der Waals surface area (Å²) in [7, 11) is 0. The van der Waals surface area contributed by atoms with Gasteiger partial charge in [-0.3, -0.25) is 0 Å². The van der Waals surface area contributed by atoms with E-state index in [0.717, 1.165) is 12.8 Å². The zero-order valence-corrected chi connectivity index (χ0v) is 43.7. The van der Waals surface area contributed by atoms with Crippen molar-refractivity contribution in [3.8, 4) is 55.6 Å². The topological polar surface area (TPSA) is 0 Å². The van der Waals surface area contributed by atoms with E-state index < -0.39 is 0 Å². The van der Waals surface area contributed by atoms with Gasteiger partial charge in [0.15, 0.2) is 0 Å². The maximum Gasteiger partial charge on any atom is 0.0215 e. The lowest BCUT2D eigenvalue weighted by molar-refractivity contribution is 0.353. The Bertz CT molecular complexity index is 3880. The molecule has 0 heterocycles. The van der Waals surface area contributed by atoms with E-state index in [9.17, 15) is 0 Å². The van der Waals surface area contributed by atoms with Crippen molar-refractivity contribution < 1.29 is 0 Å². The molecule has 370 valence electrons. The SMILES string of the molecule is C(=C(c1ccccc1)c1ccccc1)c1cc(-c2ccc3c(c2)C2(CCCCC2)c2cc(-c4cc(C=C(c5ccccc5)c5ccccc5)cc(-c5cccc6ccccc56)c4)ccc2-3)cc(-c2cccc3ccccc23)c1. The monoisotopic (exact) mass is 994 g/mol. The predicted molar refractivity (Wildman–Crippen MR) is 332 cm³/mol. The second-order valence-corrected chi connectivity index (χ2v) is 21.5. The minimum atomic E-state index is -0.0809. The number of fused-ring (bicyclic) bond motifs is 7. The van der Waals surface area contributed by atoms with Gasteiger partial charge in [-0.2, -0.15) is 0 Å². The third kappa shape index (κ3) is 8.80. The van der Waals surface area contributed by atoms with Crippen molar-refractivity contribution in [2.24, 2.45) is 0 Å². The first-order chi connectivity index (χ1) is 38.6. The van der Waals surface area contributed by atoms with Crippen LogP contribution in [0.5, 0.6) is 0 Å². The van der Waals surface area contributed by atoms with Gasteiger partial charge in [-0.15, -0.1) is 0 Å². The third-order valence-electron chi connectivity index (χ3n) is 16.8. The van der Waals surface area contributed by atoms with Crippen LogP contribution in [0.2, 0.25) is 0 Å². The summed E-state index contributed by atoms with van der Waals surface area (Å²) in [5.41, 5.74) is 25.1. The first kappa shape index (κ1) is 47.1. The fourth-order valence-corrected chi connectivity index (χ4v) is 13.1.